The fraction of sp³-hybridized carbons (Fsp3) is 0.400. The summed E-state index contributed by atoms with van der Waals surface area (Å²) in [5.74, 6) is 0. The van der Waals surface area contributed by atoms with Crippen LogP contribution in [0.25, 0.3) is 0 Å². The fourth-order valence-corrected chi connectivity index (χ4v) is 3.47. The van der Waals surface area contributed by atoms with Gasteiger partial charge in [-0.25, -0.2) is 0 Å². The zero-order valence-electron chi connectivity index (χ0n) is 10.9. The molecule has 0 aliphatic carbocycles. The number of benzene rings is 1. The van der Waals surface area contributed by atoms with Crippen molar-refractivity contribution in [3.63, 3.8) is 0 Å². The predicted molar refractivity (Wildman–Crippen MR) is 75.0 cm³/mol. The molecule has 4 nitrogen and oxygen atoms in total. The van der Waals surface area contributed by atoms with Gasteiger partial charge >= 0.3 is 0 Å². The molecule has 2 aromatic rings. The van der Waals surface area contributed by atoms with Gasteiger partial charge in [-0.15, -0.1) is 0 Å². The van der Waals surface area contributed by atoms with Gasteiger partial charge in [-0.2, -0.15) is 5.10 Å². The summed E-state index contributed by atoms with van der Waals surface area (Å²) in [6.45, 7) is 3.32. The van der Waals surface area contributed by atoms with Crippen molar-refractivity contribution in [2.45, 2.75) is 25.0 Å². The van der Waals surface area contributed by atoms with Crippen LogP contribution in [0.15, 0.2) is 42.6 Å². The van der Waals surface area contributed by atoms with E-state index < -0.39 is 0 Å². The Morgan fingerprint density at radius 1 is 1.11 bits per heavy atom. The van der Waals surface area contributed by atoms with E-state index >= 15 is 0 Å². The minimum absolute atomic E-state index is 0.676. The van der Waals surface area contributed by atoms with E-state index in [2.05, 4.69) is 56.4 Å². The first-order valence-electron chi connectivity index (χ1n) is 6.94. The number of nitrogens with zero attached hydrogens (tertiary/aromatic N) is 3. The Hall–Kier alpha value is -1.81. The first-order chi connectivity index (χ1) is 9.40. The number of anilines is 1. The van der Waals surface area contributed by atoms with E-state index in [0.717, 1.165) is 13.1 Å². The number of rotatable bonds is 3. The predicted octanol–water partition coefficient (Wildman–Crippen LogP) is 1.87. The number of fused-ring (bicyclic) bond motifs is 2. The van der Waals surface area contributed by atoms with Crippen LogP contribution in [0.2, 0.25) is 0 Å². The number of piperazine rings is 1. The van der Waals surface area contributed by atoms with Gasteiger partial charge in [0.2, 0.25) is 0 Å². The van der Waals surface area contributed by atoms with Crippen molar-refractivity contribution in [3.8, 4) is 0 Å². The van der Waals surface area contributed by atoms with Crippen LogP contribution in [0.4, 0.5) is 5.69 Å². The Bertz CT molecular complexity index is 537. The maximum Gasteiger partial charge on any atom is 0.0492 e. The Labute approximate surface area is 113 Å². The van der Waals surface area contributed by atoms with Gasteiger partial charge in [0, 0.05) is 49.3 Å². The van der Waals surface area contributed by atoms with Crippen molar-refractivity contribution < 1.29 is 0 Å². The van der Waals surface area contributed by atoms with Crippen molar-refractivity contribution >= 4 is 5.69 Å². The second-order valence-electron chi connectivity index (χ2n) is 5.54. The monoisotopic (exact) mass is 254 g/mol. The van der Waals surface area contributed by atoms with Gasteiger partial charge in [0.1, 0.15) is 0 Å². The van der Waals surface area contributed by atoms with Crippen LogP contribution in [-0.4, -0.2) is 40.3 Å². The van der Waals surface area contributed by atoms with Crippen LogP contribution in [0.1, 0.15) is 12.1 Å². The summed E-state index contributed by atoms with van der Waals surface area (Å²) in [6.07, 6.45) is 3.13. The highest BCUT2D eigenvalue weighted by atomic mass is 15.4. The van der Waals surface area contributed by atoms with Gasteiger partial charge < -0.3 is 4.90 Å². The van der Waals surface area contributed by atoms with Crippen LogP contribution >= 0.6 is 0 Å². The highest BCUT2D eigenvalue weighted by Crippen LogP contribution is 2.34. The average molecular weight is 254 g/mol. The number of hydrogen-bond donors (Lipinski definition) is 1. The topological polar surface area (TPSA) is 35.2 Å². The van der Waals surface area contributed by atoms with Gasteiger partial charge in [-0.05, 0) is 24.6 Å². The molecule has 2 fully saturated rings. The molecule has 0 amide bonds. The molecule has 4 rings (SSSR count). The maximum atomic E-state index is 4.03. The van der Waals surface area contributed by atoms with Crippen LogP contribution in [0.3, 0.4) is 0 Å². The lowest BCUT2D eigenvalue weighted by molar-refractivity contribution is 0.228. The van der Waals surface area contributed by atoms with E-state index in [1.54, 1.807) is 0 Å². The summed E-state index contributed by atoms with van der Waals surface area (Å²) in [4.78, 5) is 5.14. The number of likely N-dealkylation sites (tertiary alicyclic amines) is 1. The van der Waals surface area contributed by atoms with Crippen molar-refractivity contribution in [2.75, 3.05) is 18.0 Å². The van der Waals surface area contributed by atoms with Gasteiger partial charge in [-0.1, -0.05) is 18.2 Å². The van der Waals surface area contributed by atoms with E-state index in [4.69, 9.17) is 0 Å². The summed E-state index contributed by atoms with van der Waals surface area (Å²) in [5, 5.41) is 7.09. The first kappa shape index (κ1) is 11.1. The maximum absolute atomic E-state index is 4.03. The largest absolute Gasteiger partial charge is 0.366 e. The number of aromatic nitrogens is 2. The third-order valence-electron chi connectivity index (χ3n) is 4.37. The molecule has 0 radical (unpaired) electrons. The molecule has 2 saturated heterocycles. The zero-order valence-corrected chi connectivity index (χ0v) is 10.9. The lowest BCUT2D eigenvalue weighted by atomic mass is 10.2. The average Bonchev–Trinajstić information content (AvgIpc) is 3.16. The molecule has 1 aromatic carbocycles. The van der Waals surface area contributed by atoms with E-state index in [0.29, 0.717) is 12.1 Å². The van der Waals surface area contributed by atoms with Crippen LogP contribution in [-0.2, 0) is 6.54 Å². The molecule has 2 aliphatic rings. The molecule has 3 heterocycles. The highest BCUT2D eigenvalue weighted by Gasteiger charge is 2.43. The number of nitrogens with one attached hydrogen (secondary N) is 1. The first-order valence-corrected chi connectivity index (χ1v) is 6.94. The molecule has 0 unspecified atom stereocenters. The summed E-state index contributed by atoms with van der Waals surface area (Å²) >= 11 is 0. The highest BCUT2D eigenvalue weighted by molar-refractivity contribution is 5.49. The SMILES string of the molecule is c1ccc(N2C[C@@H]3C[C@H]2CN3Cc2ccn[nH]2)cc1. The Balaban J connectivity index is 1.46. The molecule has 2 atom stereocenters. The molecular formula is C15H18N4. The van der Waals surface area contributed by atoms with Crippen molar-refractivity contribution in [3.05, 3.63) is 48.3 Å². The van der Waals surface area contributed by atoms with E-state index in [1.165, 1.54) is 24.3 Å². The summed E-state index contributed by atoms with van der Waals surface area (Å²) < 4.78 is 0. The van der Waals surface area contributed by atoms with Gasteiger partial charge in [0.15, 0.2) is 0 Å². The molecule has 19 heavy (non-hydrogen) atoms. The summed E-state index contributed by atoms with van der Waals surface area (Å²) in [6, 6.07) is 14.2. The van der Waals surface area contributed by atoms with Gasteiger partial charge in [-0.3, -0.25) is 10.00 Å². The molecule has 2 aliphatic heterocycles. The number of hydrogen-bond acceptors (Lipinski definition) is 3. The van der Waals surface area contributed by atoms with E-state index in [9.17, 15) is 0 Å². The smallest absolute Gasteiger partial charge is 0.0492 e. The Morgan fingerprint density at radius 3 is 2.68 bits per heavy atom. The number of para-hydroxylation sites is 1. The second kappa shape index (κ2) is 4.38. The lowest BCUT2D eigenvalue weighted by Gasteiger charge is -2.35. The van der Waals surface area contributed by atoms with Gasteiger partial charge in [0.05, 0.1) is 0 Å². The van der Waals surface area contributed by atoms with Crippen molar-refractivity contribution in [1.29, 1.82) is 0 Å². The molecule has 2 bridgehead atoms. The Morgan fingerprint density at radius 2 is 2.00 bits per heavy atom. The molecular weight excluding hydrogens is 236 g/mol. The normalized spacial score (nSPS) is 26.2. The fourth-order valence-electron chi connectivity index (χ4n) is 3.47. The summed E-state index contributed by atoms with van der Waals surface area (Å²) in [5.41, 5.74) is 2.59. The third kappa shape index (κ3) is 1.92. The molecule has 98 valence electrons. The Kier molecular flexibility index (Phi) is 2.55. The van der Waals surface area contributed by atoms with Crippen LogP contribution in [0, 0.1) is 0 Å². The minimum atomic E-state index is 0.676. The summed E-state index contributed by atoms with van der Waals surface area (Å²) in [7, 11) is 0. The molecule has 4 heteroatoms. The number of aromatic amines is 1. The van der Waals surface area contributed by atoms with E-state index in [-0.39, 0.29) is 0 Å². The molecule has 1 aromatic heterocycles. The third-order valence-corrected chi connectivity index (χ3v) is 4.37. The zero-order chi connectivity index (χ0) is 12.7. The van der Waals surface area contributed by atoms with Crippen molar-refractivity contribution in [1.82, 2.24) is 15.1 Å². The second-order valence-corrected chi connectivity index (χ2v) is 5.54. The van der Waals surface area contributed by atoms with E-state index in [1.807, 2.05) is 6.20 Å². The molecule has 0 saturated carbocycles. The molecule has 0 spiro atoms. The van der Waals surface area contributed by atoms with Crippen LogP contribution < -0.4 is 4.90 Å². The standard InChI is InChI=1S/C15H18N4/c1-2-4-13(5-3-1)19-11-14-8-15(19)10-18(14)9-12-6-7-16-17-12/h1-7,14-15H,8-11H2,(H,16,17)/t14-,15-/m0/s1. The minimum Gasteiger partial charge on any atom is -0.366 e. The van der Waals surface area contributed by atoms with Gasteiger partial charge in [0.25, 0.3) is 0 Å². The lowest BCUT2D eigenvalue weighted by Crippen LogP contribution is -2.46. The quantitative estimate of drug-likeness (QED) is 0.908. The number of H-pyrrole nitrogens is 1. The molecule has 1 N–H and O–H groups in total. The van der Waals surface area contributed by atoms with Crippen LogP contribution in [0.5, 0.6) is 0 Å². The van der Waals surface area contributed by atoms with Crippen molar-refractivity contribution in [2.24, 2.45) is 0 Å².